The van der Waals surface area contributed by atoms with E-state index in [1.54, 1.807) is 6.92 Å². The normalized spacial score (nSPS) is 5.83. The van der Waals surface area contributed by atoms with Gasteiger partial charge in [-0.25, -0.2) is 10.2 Å². The molecular weight excluding hydrogens is 166 g/mol. The number of hydrogen-bond acceptors (Lipinski definition) is 4. The van der Waals surface area contributed by atoms with E-state index in [0.717, 1.165) is 13.0 Å². The van der Waals surface area contributed by atoms with Gasteiger partial charge in [-0.3, -0.25) is 9.59 Å². The van der Waals surface area contributed by atoms with Gasteiger partial charge in [0.25, 0.3) is 5.97 Å². The quantitative estimate of drug-likeness (QED) is 0.397. The number of hydrogen-bond donors (Lipinski definition) is 3. The maximum absolute atomic E-state index is 9.37. The van der Waals surface area contributed by atoms with Gasteiger partial charge >= 0.3 is 5.97 Å². The average molecular weight is 177 g/mol. The molecule has 0 aromatic heterocycles. The van der Waals surface area contributed by atoms with Crippen molar-refractivity contribution in [2.45, 2.75) is 20.3 Å². The number of nitrogens with one attached hydrogen (secondary N) is 1. The number of aliphatic carboxylic acids is 2. The molecule has 12 heavy (non-hydrogen) atoms. The first-order valence-corrected chi connectivity index (χ1v) is 2.87. The first kappa shape index (κ1) is 16.7. The van der Waals surface area contributed by atoms with Gasteiger partial charge in [-0.15, -0.1) is 0 Å². The van der Waals surface area contributed by atoms with E-state index in [0.29, 0.717) is 0 Å². The topological polar surface area (TPSA) is 116 Å². The van der Waals surface area contributed by atoms with E-state index in [4.69, 9.17) is 25.2 Å². The number of carboxylic acid groups (broad SMARTS) is 2. The lowest BCUT2D eigenvalue weighted by Gasteiger charge is -1.71. The Labute approximate surface area is 69.3 Å². The van der Waals surface area contributed by atoms with Crippen LogP contribution in [-0.4, -0.2) is 28.2 Å². The highest BCUT2D eigenvalue weighted by Gasteiger charge is 1.80. The zero-order chi connectivity index (χ0) is 10.6. The molecule has 6 heteroatoms. The summed E-state index contributed by atoms with van der Waals surface area (Å²) in [5.74, 6) is -1.58. The Balaban J connectivity index is -0.000000105. The first-order valence-electron chi connectivity index (χ1n) is 2.87. The maximum Gasteiger partial charge on any atom is 0.303 e. The monoisotopic (exact) mass is 177 g/mol. The van der Waals surface area contributed by atoms with Gasteiger partial charge in [-0.1, -0.05) is 6.92 Å². The van der Waals surface area contributed by atoms with Crippen LogP contribution in [0.4, 0.5) is 0 Å². The summed E-state index contributed by atoms with van der Waals surface area (Å²) in [6, 6.07) is 0. The lowest BCUT2D eigenvalue weighted by Crippen LogP contribution is -1.86. The highest BCUT2D eigenvalue weighted by atomic mass is 16.4. The molecule has 0 aliphatic rings. The summed E-state index contributed by atoms with van der Waals surface area (Å²) < 4.78 is 0. The Kier molecular flexibility index (Phi) is 22.5. The SMILES string of the molecule is CC(=O)O.CCC(=O)O.N=C=O. The minimum atomic E-state index is -0.833. The molecule has 6 nitrogen and oxygen atoms in total. The number of carbonyl (C=O) groups excluding carboxylic acids is 1. The lowest BCUT2D eigenvalue weighted by molar-refractivity contribution is -0.137. The molecule has 0 rings (SSSR count). The third-order valence-electron chi connectivity index (χ3n) is 0.302. The molecule has 0 heterocycles. The zero-order valence-electron chi connectivity index (χ0n) is 6.83. The van der Waals surface area contributed by atoms with E-state index in [1.807, 2.05) is 0 Å². The van der Waals surface area contributed by atoms with Crippen LogP contribution in [0.1, 0.15) is 20.3 Å². The molecule has 0 radical (unpaired) electrons. The van der Waals surface area contributed by atoms with Crippen molar-refractivity contribution in [3.05, 3.63) is 0 Å². The van der Waals surface area contributed by atoms with E-state index < -0.39 is 11.9 Å². The van der Waals surface area contributed by atoms with E-state index in [9.17, 15) is 4.79 Å². The fraction of sp³-hybridized carbons (Fsp3) is 0.500. The smallest absolute Gasteiger partial charge is 0.303 e. The van der Waals surface area contributed by atoms with Crippen LogP contribution >= 0.6 is 0 Å². The van der Waals surface area contributed by atoms with E-state index in [-0.39, 0.29) is 6.42 Å². The first-order chi connectivity index (χ1) is 5.42. The largest absolute Gasteiger partial charge is 0.481 e. The Morgan fingerprint density at radius 1 is 1.42 bits per heavy atom. The summed E-state index contributed by atoms with van der Waals surface area (Å²) in [5.41, 5.74) is 0. The summed E-state index contributed by atoms with van der Waals surface area (Å²) in [5, 5.41) is 20.5. The van der Waals surface area contributed by atoms with Gasteiger partial charge < -0.3 is 10.2 Å². The molecule has 0 atom stereocenters. The standard InChI is InChI=1S/C3H6O2.C2H4O2.CHNO/c1-2-3(4)5;1-2(3)4;2-1-3/h2H2,1H3,(H,4,5);1H3,(H,3,4);2H. The molecule has 0 aromatic carbocycles. The molecule has 3 N–H and O–H groups in total. The van der Waals surface area contributed by atoms with Crippen LogP contribution in [0.15, 0.2) is 0 Å². The van der Waals surface area contributed by atoms with Gasteiger partial charge in [0.15, 0.2) is 0 Å². The van der Waals surface area contributed by atoms with Crippen LogP contribution in [0.3, 0.4) is 0 Å². The van der Waals surface area contributed by atoms with Crippen molar-refractivity contribution < 1.29 is 24.6 Å². The number of carbonyl (C=O) groups is 2. The molecule has 0 amide bonds. The average Bonchev–Trinajstić information content (AvgIpc) is 1.88. The van der Waals surface area contributed by atoms with Crippen molar-refractivity contribution >= 4 is 18.0 Å². The molecule has 0 bridgehead atoms. The summed E-state index contributed by atoms with van der Waals surface area (Å²) in [6.07, 6.45) is 0.972. The van der Waals surface area contributed by atoms with Crippen molar-refractivity contribution in [2.75, 3.05) is 0 Å². The third kappa shape index (κ3) is 4350. The van der Waals surface area contributed by atoms with Crippen LogP contribution in [-0.2, 0) is 14.4 Å². The molecular formula is C6H11NO5. The molecule has 70 valence electrons. The molecule has 0 spiro atoms. The Morgan fingerprint density at radius 3 is 1.50 bits per heavy atom. The van der Waals surface area contributed by atoms with Crippen molar-refractivity contribution in [2.24, 2.45) is 0 Å². The van der Waals surface area contributed by atoms with Gasteiger partial charge in [-0.05, 0) is 0 Å². The minimum Gasteiger partial charge on any atom is -0.481 e. The van der Waals surface area contributed by atoms with E-state index in [1.165, 1.54) is 0 Å². The van der Waals surface area contributed by atoms with Crippen LogP contribution in [0.2, 0.25) is 0 Å². The second-order valence-electron chi connectivity index (χ2n) is 1.37. The second-order valence-corrected chi connectivity index (χ2v) is 1.37. The molecule has 0 aromatic rings. The fourth-order valence-corrected chi connectivity index (χ4v) is 0. The van der Waals surface area contributed by atoms with Gasteiger partial charge in [0, 0.05) is 13.3 Å². The summed E-state index contributed by atoms with van der Waals surface area (Å²) in [6.45, 7) is 2.68. The Hall–Kier alpha value is -1.68. The van der Waals surface area contributed by atoms with Crippen molar-refractivity contribution in [1.82, 2.24) is 0 Å². The Morgan fingerprint density at radius 2 is 1.50 bits per heavy atom. The number of isocyanates is 1. The highest BCUT2D eigenvalue weighted by molar-refractivity contribution is 5.66. The number of carboxylic acids is 2. The van der Waals surface area contributed by atoms with Gasteiger partial charge in [0.2, 0.25) is 6.08 Å². The van der Waals surface area contributed by atoms with Gasteiger partial charge in [0.1, 0.15) is 0 Å². The van der Waals surface area contributed by atoms with Gasteiger partial charge in [0.05, 0.1) is 0 Å². The predicted molar refractivity (Wildman–Crippen MR) is 39.6 cm³/mol. The van der Waals surface area contributed by atoms with Crippen LogP contribution in [0, 0.1) is 5.41 Å². The summed E-state index contributed by atoms with van der Waals surface area (Å²) >= 11 is 0. The second kappa shape index (κ2) is 16.2. The molecule has 0 unspecified atom stereocenters. The summed E-state index contributed by atoms with van der Waals surface area (Å²) in [4.78, 5) is 26.7. The molecule has 0 aliphatic heterocycles. The van der Waals surface area contributed by atoms with E-state index >= 15 is 0 Å². The predicted octanol–water partition coefficient (Wildman–Crippen LogP) is 0.473. The lowest BCUT2D eigenvalue weighted by atomic mass is 10.5. The van der Waals surface area contributed by atoms with Crippen molar-refractivity contribution in [1.29, 1.82) is 5.41 Å². The van der Waals surface area contributed by atoms with Crippen LogP contribution < -0.4 is 0 Å². The van der Waals surface area contributed by atoms with Gasteiger partial charge in [-0.2, -0.15) is 0 Å². The molecule has 0 fully saturated rings. The number of rotatable bonds is 1. The third-order valence-corrected chi connectivity index (χ3v) is 0.302. The van der Waals surface area contributed by atoms with Crippen LogP contribution in [0.5, 0.6) is 0 Å². The highest BCUT2D eigenvalue weighted by Crippen LogP contribution is 1.67. The van der Waals surface area contributed by atoms with Crippen molar-refractivity contribution in [3.63, 3.8) is 0 Å². The molecule has 0 aliphatic carbocycles. The van der Waals surface area contributed by atoms with Crippen LogP contribution in [0.25, 0.3) is 0 Å². The van der Waals surface area contributed by atoms with Crippen molar-refractivity contribution in [3.8, 4) is 0 Å². The zero-order valence-corrected chi connectivity index (χ0v) is 6.83. The fourth-order valence-electron chi connectivity index (χ4n) is 0. The molecule has 0 saturated carbocycles. The summed E-state index contributed by atoms with van der Waals surface area (Å²) in [7, 11) is 0. The minimum absolute atomic E-state index is 0.222. The molecule has 0 saturated heterocycles. The van der Waals surface area contributed by atoms with E-state index in [2.05, 4.69) is 0 Å². The Bertz CT molecular complexity index is 155. The maximum atomic E-state index is 9.37.